The number of thiophene rings is 1. The third kappa shape index (κ3) is 4.72. The van der Waals surface area contributed by atoms with Crippen LogP contribution in [0, 0.1) is 12.3 Å². The van der Waals surface area contributed by atoms with E-state index in [1.54, 1.807) is 23.5 Å². The van der Waals surface area contributed by atoms with Gasteiger partial charge in [0.2, 0.25) is 11.3 Å². The Kier molecular flexibility index (Phi) is 6.30. The van der Waals surface area contributed by atoms with E-state index in [2.05, 4.69) is 52.3 Å². The first-order valence-corrected chi connectivity index (χ1v) is 11.3. The number of amides is 1. The number of nitrogens with one attached hydrogen (secondary N) is 3. The minimum Gasteiger partial charge on any atom is -0.548 e. The van der Waals surface area contributed by atoms with Gasteiger partial charge in [-0.25, -0.2) is 0 Å². The van der Waals surface area contributed by atoms with E-state index in [1.165, 1.54) is 18.0 Å². The normalized spacial score (nSPS) is 13.9. The molecule has 3 rings (SSSR count). The minimum atomic E-state index is -1.69. The van der Waals surface area contributed by atoms with Crippen LogP contribution >= 0.6 is 22.5 Å². The van der Waals surface area contributed by atoms with E-state index in [-0.39, 0.29) is 34.3 Å². The maximum absolute atomic E-state index is 12.1. The van der Waals surface area contributed by atoms with Gasteiger partial charge in [0, 0.05) is 21.2 Å². The van der Waals surface area contributed by atoms with Crippen molar-refractivity contribution in [2.75, 3.05) is 12.4 Å². The highest BCUT2D eigenvalue weighted by Crippen LogP contribution is 2.39. The summed E-state index contributed by atoms with van der Waals surface area (Å²) in [5.74, 6) is -0.404. The molecule has 1 aromatic carbocycles. The molecule has 4 N–H and O–H groups in total. The molecule has 8 nitrogen and oxygen atoms in total. The molecule has 0 aliphatic carbocycles. The third-order valence-corrected chi connectivity index (χ3v) is 6.22. The van der Waals surface area contributed by atoms with Crippen LogP contribution in [-0.4, -0.2) is 31.4 Å². The average Bonchev–Trinajstić information content (AvgIpc) is 3.24. The SMILES string of the molecule is CNC(=O)c1cccc(Nc2n[s+]([O-])[nH]c2=N[C@@H](c2ccc(C)s2)C(C)(C)C)c1O. The largest absolute Gasteiger partial charge is 0.548 e. The van der Waals surface area contributed by atoms with Crippen molar-refractivity contribution in [2.24, 2.45) is 10.4 Å². The van der Waals surface area contributed by atoms with Crippen molar-refractivity contribution in [1.29, 1.82) is 0 Å². The van der Waals surface area contributed by atoms with Crippen LogP contribution in [0.5, 0.6) is 5.75 Å². The molecule has 0 saturated heterocycles. The first kappa shape index (κ1) is 22.0. The second-order valence-corrected chi connectivity index (χ2v) is 10.1. The maximum Gasteiger partial charge on any atom is 0.254 e. The molecule has 0 fully saturated rings. The number of benzene rings is 1. The smallest absolute Gasteiger partial charge is 0.254 e. The molecular formula is C20H25N5O3S2. The number of phenolic OH excluding ortho intramolecular Hbond substituents is 1. The van der Waals surface area contributed by atoms with Crippen LogP contribution in [-0.2, 0) is 0 Å². The molecule has 0 spiro atoms. The van der Waals surface area contributed by atoms with Gasteiger partial charge < -0.3 is 20.3 Å². The standard InChI is InChI=1S/C20H25N5O3S2/c1-11-9-10-14(29-11)16(20(2,3)4)23-18-17(24-30(28)25-18)22-13-8-6-7-12(15(13)26)19(27)21-5/h6-10,16,26H,1-5H3,(H,21,27)(H,22,24)(H,23,25)/t16-,30?/m0/s1. The number of aromatic amines is 1. The van der Waals surface area contributed by atoms with Gasteiger partial charge in [-0.2, -0.15) is 0 Å². The van der Waals surface area contributed by atoms with Gasteiger partial charge in [-0.3, -0.25) is 9.79 Å². The molecule has 160 valence electrons. The number of hydrogen-bond donors (Lipinski definition) is 4. The second-order valence-electron chi connectivity index (χ2n) is 7.89. The number of para-hydroxylation sites is 1. The van der Waals surface area contributed by atoms with Gasteiger partial charge in [-0.05, 0) is 36.6 Å². The summed E-state index contributed by atoms with van der Waals surface area (Å²) in [6, 6.07) is 8.66. The molecule has 0 bridgehead atoms. The van der Waals surface area contributed by atoms with Crippen LogP contribution in [0.25, 0.3) is 0 Å². The Bertz CT molecular complexity index is 1120. The Morgan fingerprint density at radius 2 is 2.07 bits per heavy atom. The number of carbonyl (C=O) groups excluding carboxylic acids is 1. The van der Waals surface area contributed by atoms with E-state index in [0.29, 0.717) is 5.49 Å². The van der Waals surface area contributed by atoms with Crippen molar-refractivity contribution in [1.82, 2.24) is 14.1 Å². The molecular weight excluding hydrogens is 422 g/mol. The van der Waals surface area contributed by atoms with Gasteiger partial charge in [0.15, 0.2) is 16.9 Å². The second kappa shape index (κ2) is 8.58. The number of hydrogen-bond acceptors (Lipinski definition) is 7. The quantitative estimate of drug-likeness (QED) is 0.347. The van der Waals surface area contributed by atoms with Crippen LogP contribution in [0.4, 0.5) is 11.5 Å². The lowest BCUT2D eigenvalue weighted by Gasteiger charge is -2.26. The molecule has 2 heterocycles. The first-order chi connectivity index (χ1) is 14.1. The van der Waals surface area contributed by atoms with Gasteiger partial charge in [0.25, 0.3) is 5.91 Å². The predicted molar refractivity (Wildman–Crippen MR) is 119 cm³/mol. The Morgan fingerprint density at radius 3 is 2.67 bits per heavy atom. The van der Waals surface area contributed by atoms with Crippen LogP contribution in [0.15, 0.2) is 35.3 Å². The topological polar surface area (TPSA) is 125 Å². The summed E-state index contributed by atoms with van der Waals surface area (Å²) >= 11 is -0.0195. The first-order valence-electron chi connectivity index (χ1n) is 9.33. The van der Waals surface area contributed by atoms with Crippen molar-refractivity contribution >= 4 is 39.9 Å². The summed E-state index contributed by atoms with van der Waals surface area (Å²) in [4.78, 5) is 19.1. The van der Waals surface area contributed by atoms with Gasteiger partial charge in [-0.15, -0.1) is 15.7 Å². The highest BCUT2D eigenvalue weighted by atomic mass is 32.2. The fourth-order valence-corrected chi connectivity index (χ4v) is 4.77. The fourth-order valence-electron chi connectivity index (χ4n) is 2.95. The molecule has 1 unspecified atom stereocenters. The molecule has 30 heavy (non-hydrogen) atoms. The number of nitrogens with zero attached hydrogens (tertiary/aromatic N) is 2. The molecule has 10 heteroatoms. The summed E-state index contributed by atoms with van der Waals surface area (Å²) < 4.78 is 18.9. The average molecular weight is 448 g/mol. The molecule has 2 aromatic heterocycles. The Labute approximate surface area is 181 Å². The number of carbonyl (C=O) groups is 1. The van der Waals surface area contributed by atoms with Gasteiger partial charge in [0.1, 0.15) is 0 Å². The summed E-state index contributed by atoms with van der Waals surface area (Å²) in [6.07, 6.45) is 0. The zero-order valence-corrected chi connectivity index (χ0v) is 19.1. The number of aromatic hydroxyl groups is 1. The van der Waals surface area contributed by atoms with Crippen LogP contribution in [0.1, 0.15) is 46.9 Å². The lowest BCUT2D eigenvalue weighted by Crippen LogP contribution is -2.20. The molecule has 0 saturated carbocycles. The van der Waals surface area contributed by atoms with Crippen LogP contribution in [0.3, 0.4) is 0 Å². The van der Waals surface area contributed by atoms with Gasteiger partial charge in [0.05, 0.1) is 17.3 Å². The van der Waals surface area contributed by atoms with E-state index in [9.17, 15) is 14.5 Å². The van der Waals surface area contributed by atoms with Crippen molar-refractivity contribution in [3.8, 4) is 5.75 Å². The number of rotatable bonds is 5. The molecule has 1 amide bonds. The number of aryl methyl sites for hydroxylation is 1. The van der Waals surface area contributed by atoms with Gasteiger partial charge >= 0.3 is 0 Å². The van der Waals surface area contributed by atoms with Crippen molar-refractivity contribution in [3.63, 3.8) is 0 Å². The molecule has 2 atom stereocenters. The van der Waals surface area contributed by atoms with Crippen molar-refractivity contribution < 1.29 is 14.5 Å². The van der Waals surface area contributed by atoms with Gasteiger partial charge in [-0.1, -0.05) is 26.8 Å². The van der Waals surface area contributed by atoms with E-state index in [1.807, 2.05) is 6.92 Å². The molecule has 0 radical (unpaired) electrons. The zero-order valence-electron chi connectivity index (χ0n) is 17.4. The number of anilines is 2. The Balaban J connectivity index is 2.05. The van der Waals surface area contributed by atoms with E-state index in [0.717, 1.165) is 4.88 Å². The third-order valence-electron chi connectivity index (χ3n) is 4.45. The lowest BCUT2D eigenvalue weighted by atomic mass is 9.86. The van der Waals surface area contributed by atoms with Crippen LogP contribution in [0.2, 0.25) is 0 Å². The highest BCUT2D eigenvalue weighted by Gasteiger charge is 2.28. The highest BCUT2D eigenvalue weighted by molar-refractivity contribution is 7.14. The van der Waals surface area contributed by atoms with Crippen molar-refractivity contribution in [3.05, 3.63) is 51.1 Å². The minimum absolute atomic E-state index is 0.121. The number of H-pyrrole nitrogens is 1. The maximum atomic E-state index is 12.1. The summed E-state index contributed by atoms with van der Waals surface area (Å²) in [6.45, 7) is 8.31. The van der Waals surface area contributed by atoms with E-state index in [4.69, 9.17) is 4.99 Å². The Morgan fingerprint density at radius 1 is 1.33 bits per heavy atom. The monoisotopic (exact) mass is 447 g/mol. The summed E-state index contributed by atoms with van der Waals surface area (Å²) in [5.41, 5.74) is 0.532. The van der Waals surface area contributed by atoms with Crippen LogP contribution < -0.4 is 16.1 Å². The number of aromatic nitrogens is 2. The number of phenols is 1. The lowest BCUT2D eigenvalue weighted by molar-refractivity contribution is 0.0960. The fraction of sp³-hybridized carbons (Fsp3) is 0.350. The summed E-state index contributed by atoms with van der Waals surface area (Å²) in [7, 11) is 1.49. The predicted octanol–water partition coefficient (Wildman–Crippen LogP) is 4.00. The van der Waals surface area contributed by atoms with Crippen molar-refractivity contribution in [2.45, 2.75) is 33.7 Å². The Hall–Kier alpha value is -2.69. The molecule has 3 aromatic rings. The molecule has 0 aliphatic rings. The molecule has 0 aliphatic heterocycles. The summed E-state index contributed by atoms with van der Waals surface area (Å²) in [5, 5.41) is 15.9. The van der Waals surface area contributed by atoms with E-state index >= 15 is 0 Å². The zero-order chi connectivity index (χ0) is 22.1. The van der Waals surface area contributed by atoms with E-state index < -0.39 is 17.0 Å².